The zero-order valence-corrected chi connectivity index (χ0v) is 20.0. The lowest BCUT2D eigenvalue weighted by atomic mass is 9.99. The summed E-state index contributed by atoms with van der Waals surface area (Å²) >= 11 is 6.11. The number of anilines is 1. The van der Waals surface area contributed by atoms with E-state index in [2.05, 4.69) is 15.3 Å². The molecule has 0 spiro atoms. The van der Waals surface area contributed by atoms with Crippen molar-refractivity contribution in [1.29, 1.82) is 0 Å². The fourth-order valence-corrected chi connectivity index (χ4v) is 5.21. The first-order valence-corrected chi connectivity index (χ1v) is 12.8. The molecule has 0 unspecified atom stereocenters. The molecule has 0 bridgehead atoms. The highest BCUT2D eigenvalue weighted by Crippen LogP contribution is 2.28. The number of benzene rings is 1. The maximum Gasteiger partial charge on any atom is 0.225 e. The van der Waals surface area contributed by atoms with Crippen LogP contribution in [0.15, 0.2) is 47.1 Å². The summed E-state index contributed by atoms with van der Waals surface area (Å²) in [6.07, 6.45) is 3.30. The van der Waals surface area contributed by atoms with E-state index in [1.165, 1.54) is 0 Å². The molecule has 3 heterocycles. The van der Waals surface area contributed by atoms with Gasteiger partial charge in [-0.1, -0.05) is 17.7 Å². The number of sulfone groups is 1. The molecule has 1 aliphatic rings. The summed E-state index contributed by atoms with van der Waals surface area (Å²) in [7, 11) is -2.97. The zero-order chi connectivity index (χ0) is 23.6. The molecule has 2 aromatic heterocycles. The Balaban J connectivity index is 1.46. The van der Waals surface area contributed by atoms with Gasteiger partial charge in [0, 0.05) is 30.5 Å². The van der Waals surface area contributed by atoms with Crippen LogP contribution in [0.3, 0.4) is 0 Å². The van der Waals surface area contributed by atoms with Crippen molar-refractivity contribution < 1.29 is 17.6 Å². The van der Waals surface area contributed by atoms with Crippen LogP contribution < -0.4 is 10.2 Å². The quantitative estimate of drug-likeness (QED) is 0.568. The average molecular weight is 489 g/mol. The number of furan rings is 1. The molecular weight excluding hydrogens is 464 g/mol. The number of hydrogen-bond acceptors (Lipinski definition) is 7. The third-order valence-electron chi connectivity index (χ3n) is 5.58. The number of nitrogens with zero attached hydrogens (tertiary/aromatic N) is 3. The largest absolute Gasteiger partial charge is 0.464 e. The molecule has 1 atom stereocenters. The monoisotopic (exact) mass is 488 g/mol. The van der Waals surface area contributed by atoms with E-state index in [0.717, 1.165) is 16.9 Å². The van der Waals surface area contributed by atoms with Crippen molar-refractivity contribution in [1.82, 2.24) is 15.3 Å². The third-order valence-corrected chi connectivity index (χ3v) is 7.42. The minimum atomic E-state index is -2.97. The molecule has 0 saturated carbocycles. The number of halogens is 1. The van der Waals surface area contributed by atoms with Gasteiger partial charge in [-0.3, -0.25) is 4.79 Å². The standard InChI is InChI=1S/C23H25ClN4O4S/c1-15-11-18(24)4-5-19(15)22(20-6-3-16(2)32-20)27-21(29)12-17-13-25-23(26-14-17)28-7-9-33(30,31)10-8-28/h3-6,11,13-14,22H,7-10,12H2,1-2H3,(H,27,29)/t22-/m1/s1. The Bertz CT molecular complexity index is 1240. The second-order valence-corrected chi connectivity index (χ2v) is 10.9. The Hall–Kier alpha value is -2.91. The van der Waals surface area contributed by atoms with Gasteiger partial charge in [-0.2, -0.15) is 0 Å². The molecular formula is C23H25ClN4O4S. The van der Waals surface area contributed by atoms with Crippen LogP contribution in [-0.4, -0.2) is 48.9 Å². The molecule has 33 heavy (non-hydrogen) atoms. The van der Waals surface area contributed by atoms with E-state index in [1.807, 2.05) is 43.0 Å². The smallest absolute Gasteiger partial charge is 0.225 e. The van der Waals surface area contributed by atoms with E-state index in [4.69, 9.17) is 16.0 Å². The number of amides is 1. The first-order valence-electron chi connectivity index (χ1n) is 10.6. The predicted octanol–water partition coefficient (Wildman–Crippen LogP) is 3.02. The summed E-state index contributed by atoms with van der Waals surface area (Å²) in [6, 6.07) is 8.78. The highest BCUT2D eigenvalue weighted by molar-refractivity contribution is 7.91. The predicted molar refractivity (Wildman–Crippen MR) is 126 cm³/mol. The second-order valence-electron chi connectivity index (χ2n) is 8.16. The number of nitrogens with one attached hydrogen (secondary N) is 1. The van der Waals surface area contributed by atoms with Crippen molar-refractivity contribution in [3.8, 4) is 0 Å². The van der Waals surface area contributed by atoms with Gasteiger partial charge in [0.1, 0.15) is 17.6 Å². The Morgan fingerprint density at radius 3 is 2.45 bits per heavy atom. The molecule has 8 nitrogen and oxygen atoms in total. The SMILES string of the molecule is Cc1ccc([C@H](NC(=O)Cc2cnc(N3CCS(=O)(=O)CC3)nc2)c2ccc(Cl)cc2C)o1. The Kier molecular flexibility index (Phi) is 6.71. The van der Waals surface area contributed by atoms with Gasteiger partial charge in [-0.05, 0) is 54.8 Å². The van der Waals surface area contributed by atoms with E-state index >= 15 is 0 Å². The fourth-order valence-electron chi connectivity index (χ4n) is 3.79. The first kappa shape index (κ1) is 23.3. The number of aromatic nitrogens is 2. The van der Waals surface area contributed by atoms with Gasteiger partial charge in [0.05, 0.1) is 17.9 Å². The maximum absolute atomic E-state index is 12.9. The lowest BCUT2D eigenvalue weighted by Crippen LogP contribution is -2.41. The van der Waals surface area contributed by atoms with Crippen molar-refractivity contribution in [3.05, 3.63) is 76.0 Å². The Morgan fingerprint density at radius 2 is 1.85 bits per heavy atom. The summed E-state index contributed by atoms with van der Waals surface area (Å²) in [5.74, 6) is 1.85. The van der Waals surface area contributed by atoms with Crippen molar-refractivity contribution >= 4 is 33.3 Å². The lowest BCUT2D eigenvalue weighted by molar-refractivity contribution is -0.121. The molecule has 174 valence electrons. The molecule has 0 aliphatic carbocycles. The van der Waals surface area contributed by atoms with Gasteiger partial charge in [0.2, 0.25) is 11.9 Å². The highest BCUT2D eigenvalue weighted by Gasteiger charge is 2.24. The molecule has 1 N–H and O–H groups in total. The van der Waals surface area contributed by atoms with Crippen LogP contribution in [0.1, 0.15) is 34.3 Å². The molecule has 0 radical (unpaired) electrons. The third kappa shape index (κ3) is 5.72. The highest BCUT2D eigenvalue weighted by atomic mass is 35.5. The lowest BCUT2D eigenvalue weighted by Gasteiger charge is -2.26. The van der Waals surface area contributed by atoms with Gasteiger partial charge in [0.25, 0.3) is 0 Å². The molecule has 3 aromatic rings. The summed E-state index contributed by atoms with van der Waals surface area (Å²) in [6.45, 7) is 4.53. The number of carbonyl (C=O) groups is 1. The molecule has 1 aromatic carbocycles. The van der Waals surface area contributed by atoms with Crippen LogP contribution in [0.5, 0.6) is 0 Å². The van der Waals surface area contributed by atoms with E-state index in [1.54, 1.807) is 18.5 Å². The number of aryl methyl sites for hydroxylation is 2. The van der Waals surface area contributed by atoms with Crippen molar-refractivity contribution in [3.63, 3.8) is 0 Å². The molecule has 4 rings (SSSR count). The van der Waals surface area contributed by atoms with Gasteiger partial charge >= 0.3 is 0 Å². The Labute approximate surface area is 197 Å². The second kappa shape index (κ2) is 9.52. The van der Waals surface area contributed by atoms with Crippen molar-refractivity contribution in [2.45, 2.75) is 26.3 Å². The molecule has 1 aliphatic heterocycles. The van der Waals surface area contributed by atoms with Crippen LogP contribution in [0, 0.1) is 13.8 Å². The first-order chi connectivity index (χ1) is 15.7. The number of hydrogen-bond donors (Lipinski definition) is 1. The Morgan fingerprint density at radius 1 is 1.15 bits per heavy atom. The normalized spacial score (nSPS) is 16.4. The minimum absolute atomic E-state index is 0.0947. The zero-order valence-electron chi connectivity index (χ0n) is 18.4. The van der Waals surface area contributed by atoms with Crippen LogP contribution >= 0.6 is 11.6 Å². The summed E-state index contributed by atoms with van der Waals surface area (Å²) < 4.78 is 29.0. The van der Waals surface area contributed by atoms with Gasteiger partial charge in [0.15, 0.2) is 9.84 Å². The van der Waals surface area contributed by atoms with E-state index in [0.29, 0.717) is 35.4 Å². The fraction of sp³-hybridized carbons (Fsp3) is 0.348. The molecule has 1 fully saturated rings. The van der Waals surface area contributed by atoms with E-state index in [9.17, 15) is 13.2 Å². The van der Waals surface area contributed by atoms with Crippen molar-refractivity contribution in [2.75, 3.05) is 29.5 Å². The number of rotatable bonds is 6. The van der Waals surface area contributed by atoms with E-state index < -0.39 is 15.9 Å². The van der Waals surface area contributed by atoms with Crippen molar-refractivity contribution in [2.24, 2.45) is 0 Å². The number of carbonyl (C=O) groups excluding carboxylic acids is 1. The van der Waals surface area contributed by atoms with Gasteiger partial charge in [-0.25, -0.2) is 18.4 Å². The van der Waals surface area contributed by atoms with Gasteiger partial charge in [-0.15, -0.1) is 0 Å². The topological polar surface area (TPSA) is 105 Å². The van der Waals surface area contributed by atoms with Crippen LogP contribution in [0.25, 0.3) is 0 Å². The van der Waals surface area contributed by atoms with Crippen LogP contribution in [0.2, 0.25) is 5.02 Å². The molecule has 1 amide bonds. The van der Waals surface area contributed by atoms with Crippen LogP contribution in [0.4, 0.5) is 5.95 Å². The average Bonchev–Trinajstić information content (AvgIpc) is 3.19. The van der Waals surface area contributed by atoms with Gasteiger partial charge < -0.3 is 14.6 Å². The summed E-state index contributed by atoms with van der Waals surface area (Å²) in [5, 5.41) is 3.68. The van der Waals surface area contributed by atoms with E-state index in [-0.39, 0.29) is 23.8 Å². The molecule has 1 saturated heterocycles. The minimum Gasteiger partial charge on any atom is -0.464 e. The van der Waals surface area contributed by atoms with Crippen LogP contribution in [-0.2, 0) is 21.1 Å². The maximum atomic E-state index is 12.9. The summed E-state index contributed by atoms with van der Waals surface area (Å²) in [5.41, 5.74) is 2.50. The molecule has 10 heteroatoms. The summed E-state index contributed by atoms with van der Waals surface area (Å²) in [4.78, 5) is 23.4.